The van der Waals surface area contributed by atoms with E-state index in [-0.39, 0.29) is 11.9 Å². The molecule has 7 heteroatoms. The number of benzene rings is 3. The molecule has 0 atom stereocenters. The number of urea groups is 1. The second-order valence-corrected chi connectivity index (χ2v) is 8.75. The van der Waals surface area contributed by atoms with Gasteiger partial charge < -0.3 is 20.1 Å². The smallest absolute Gasteiger partial charge is 0.326 e. The first-order valence-corrected chi connectivity index (χ1v) is 12.4. The molecule has 0 fully saturated rings. The molecule has 2 N–H and O–H groups in total. The minimum absolute atomic E-state index is 0.0257. The third-order valence-corrected chi connectivity index (χ3v) is 5.26. The van der Waals surface area contributed by atoms with E-state index in [0.717, 1.165) is 17.2 Å². The van der Waals surface area contributed by atoms with Crippen LogP contribution in [0.25, 0.3) is 0 Å². The van der Waals surface area contributed by atoms with E-state index >= 15 is 0 Å². The Balaban J connectivity index is 1.67. The summed E-state index contributed by atoms with van der Waals surface area (Å²) in [5.41, 5.74) is 1.40. The van der Waals surface area contributed by atoms with E-state index in [1.807, 2.05) is 99.6 Å². The third kappa shape index (κ3) is 8.65. The van der Waals surface area contributed by atoms with Gasteiger partial charge in [0.25, 0.3) is 0 Å². The molecule has 3 rings (SSSR count). The van der Waals surface area contributed by atoms with Crippen LogP contribution in [-0.4, -0.2) is 31.6 Å². The van der Waals surface area contributed by atoms with E-state index in [2.05, 4.69) is 10.6 Å². The van der Waals surface area contributed by atoms with Crippen molar-refractivity contribution in [2.45, 2.75) is 33.6 Å². The fourth-order valence-electron chi connectivity index (χ4n) is 3.57. The Morgan fingerprint density at radius 1 is 0.861 bits per heavy atom. The maximum absolute atomic E-state index is 13.2. The van der Waals surface area contributed by atoms with Crippen LogP contribution in [0.5, 0.6) is 17.2 Å². The average molecular weight is 490 g/mol. The summed E-state index contributed by atoms with van der Waals surface area (Å²) >= 11 is 0. The highest BCUT2D eigenvalue weighted by molar-refractivity contribution is 6.01. The van der Waals surface area contributed by atoms with Crippen molar-refractivity contribution >= 4 is 23.3 Å². The molecule has 3 aromatic carbocycles. The van der Waals surface area contributed by atoms with Gasteiger partial charge in [-0.25, -0.2) is 4.79 Å². The molecule has 0 saturated heterocycles. The van der Waals surface area contributed by atoms with Gasteiger partial charge in [-0.3, -0.25) is 9.69 Å². The molecule has 0 radical (unpaired) electrons. The van der Waals surface area contributed by atoms with Gasteiger partial charge in [-0.1, -0.05) is 32.0 Å². The molecule has 0 spiro atoms. The number of ether oxygens (including phenoxy) is 2. The summed E-state index contributed by atoms with van der Waals surface area (Å²) in [5.74, 6) is 2.50. The molecule has 0 bridgehead atoms. The van der Waals surface area contributed by atoms with Crippen LogP contribution in [0.15, 0.2) is 78.9 Å². The van der Waals surface area contributed by atoms with Crippen molar-refractivity contribution in [3.05, 3.63) is 78.9 Å². The van der Waals surface area contributed by atoms with Gasteiger partial charge in [-0.15, -0.1) is 0 Å². The summed E-state index contributed by atoms with van der Waals surface area (Å²) in [6.07, 6.45) is 1.10. The van der Waals surface area contributed by atoms with Crippen LogP contribution < -0.4 is 25.0 Å². The summed E-state index contributed by atoms with van der Waals surface area (Å²) in [5, 5.41) is 5.89. The lowest BCUT2D eigenvalue weighted by Gasteiger charge is -2.24. The quantitative estimate of drug-likeness (QED) is 0.286. The van der Waals surface area contributed by atoms with Crippen LogP contribution in [0.2, 0.25) is 0 Å². The van der Waals surface area contributed by atoms with Crippen molar-refractivity contribution in [1.82, 2.24) is 5.32 Å². The number of para-hydroxylation sites is 1. The summed E-state index contributed by atoms with van der Waals surface area (Å²) in [6.45, 7) is 7.46. The lowest BCUT2D eigenvalue weighted by molar-refractivity contribution is -0.121. The number of hydrogen-bond acceptors (Lipinski definition) is 4. The number of rotatable bonds is 12. The summed E-state index contributed by atoms with van der Waals surface area (Å²) < 4.78 is 11.4. The van der Waals surface area contributed by atoms with Gasteiger partial charge in [-0.2, -0.15) is 0 Å². The molecular formula is C29H35N3O4. The van der Waals surface area contributed by atoms with Crippen LogP contribution in [0, 0.1) is 5.92 Å². The number of amides is 3. The van der Waals surface area contributed by atoms with Gasteiger partial charge in [0.2, 0.25) is 5.91 Å². The molecule has 190 valence electrons. The topological polar surface area (TPSA) is 79.9 Å². The van der Waals surface area contributed by atoms with Crippen LogP contribution in [0.1, 0.15) is 33.6 Å². The first-order chi connectivity index (χ1) is 17.4. The largest absolute Gasteiger partial charge is 0.494 e. The summed E-state index contributed by atoms with van der Waals surface area (Å²) in [7, 11) is 0. The van der Waals surface area contributed by atoms with Crippen molar-refractivity contribution < 1.29 is 19.1 Å². The molecular weight excluding hydrogens is 454 g/mol. The van der Waals surface area contributed by atoms with Crippen molar-refractivity contribution in [1.29, 1.82) is 0 Å². The van der Waals surface area contributed by atoms with Gasteiger partial charge in [0.15, 0.2) is 0 Å². The number of nitrogens with zero attached hydrogens (tertiary/aromatic N) is 1. The van der Waals surface area contributed by atoms with Gasteiger partial charge >= 0.3 is 6.03 Å². The molecule has 7 nitrogen and oxygen atoms in total. The Bertz CT molecular complexity index is 1080. The van der Waals surface area contributed by atoms with Crippen molar-refractivity contribution in [3.8, 4) is 17.2 Å². The SMILES string of the molecule is CCOc1ccc(NC(=O)N(CCCNC(=O)CC(C)C)c2ccc(Oc3ccccc3)cc2)cc1. The molecule has 0 aromatic heterocycles. The molecule has 3 amide bonds. The molecule has 0 saturated carbocycles. The third-order valence-electron chi connectivity index (χ3n) is 5.26. The molecule has 3 aromatic rings. The standard InChI is InChI=1S/C29H35N3O4/c1-4-35-25-15-11-23(12-16-25)31-29(34)32(20-8-19-30-28(33)21-22(2)3)24-13-17-27(18-14-24)36-26-9-6-5-7-10-26/h5-7,9-18,22H,4,8,19-21H2,1-3H3,(H,30,33)(H,31,34). The predicted octanol–water partition coefficient (Wildman–Crippen LogP) is 6.47. The lowest BCUT2D eigenvalue weighted by atomic mass is 10.1. The molecule has 0 heterocycles. The first kappa shape index (κ1) is 26.6. The number of nitrogens with one attached hydrogen (secondary N) is 2. The minimum atomic E-state index is -0.260. The Hall–Kier alpha value is -4.00. The normalized spacial score (nSPS) is 10.6. The Labute approximate surface area is 213 Å². The summed E-state index contributed by atoms with van der Waals surface area (Å²) in [4.78, 5) is 26.9. The fraction of sp³-hybridized carbons (Fsp3) is 0.310. The molecule has 0 aliphatic rings. The molecule has 0 aliphatic carbocycles. The highest BCUT2D eigenvalue weighted by Gasteiger charge is 2.16. The van der Waals surface area contributed by atoms with E-state index in [9.17, 15) is 9.59 Å². The highest BCUT2D eigenvalue weighted by atomic mass is 16.5. The van der Waals surface area contributed by atoms with Crippen LogP contribution in [-0.2, 0) is 4.79 Å². The zero-order chi connectivity index (χ0) is 25.8. The fourth-order valence-corrected chi connectivity index (χ4v) is 3.57. The van der Waals surface area contributed by atoms with E-state index in [0.29, 0.717) is 49.9 Å². The molecule has 0 aliphatic heterocycles. The lowest BCUT2D eigenvalue weighted by Crippen LogP contribution is -2.37. The molecule has 0 unspecified atom stereocenters. The monoisotopic (exact) mass is 489 g/mol. The molecule has 36 heavy (non-hydrogen) atoms. The van der Waals surface area contributed by atoms with Crippen molar-refractivity contribution in [2.75, 3.05) is 29.9 Å². The Morgan fingerprint density at radius 3 is 2.14 bits per heavy atom. The highest BCUT2D eigenvalue weighted by Crippen LogP contribution is 2.25. The van der Waals surface area contributed by atoms with Gasteiger partial charge in [0.05, 0.1) is 6.61 Å². The number of carbonyl (C=O) groups excluding carboxylic acids is 2. The second-order valence-electron chi connectivity index (χ2n) is 8.75. The number of carbonyl (C=O) groups is 2. The first-order valence-electron chi connectivity index (χ1n) is 12.4. The average Bonchev–Trinajstić information content (AvgIpc) is 2.86. The minimum Gasteiger partial charge on any atom is -0.494 e. The Kier molecular flexibility index (Phi) is 10.2. The maximum atomic E-state index is 13.2. The van der Waals surface area contributed by atoms with Crippen LogP contribution >= 0.6 is 0 Å². The maximum Gasteiger partial charge on any atom is 0.326 e. The van der Waals surface area contributed by atoms with Crippen molar-refractivity contribution in [2.24, 2.45) is 5.92 Å². The van der Waals surface area contributed by atoms with Gasteiger partial charge in [0.1, 0.15) is 17.2 Å². The van der Waals surface area contributed by atoms with Crippen LogP contribution in [0.4, 0.5) is 16.2 Å². The van der Waals surface area contributed by atoms with E-state index in [1.165, 1.54) is 0 Å². The predicted molar refractivity (Wildman–Crippen MR) is 144 cm³/mol. The zero-order valence-electron chi connectivity index (χ0n) is 21.2. The van der Waals surface area contributed by atoms with Gasteiger partial charge in [0, 0.05) is 30.9 Å². The van der Waals surface area contributed by atoms with Crippen LogP contribution in [0.3, 0.4) is 0 Å². The zero-order valence-corrected chi connectivity index (χ0v) is 21.2. The Morgan fingerprint density at radius 2 is 1.50 bits per heavy atom. The summed E-state index contributed by atoms with van der Waals surface area (Å²) in [6, 6.07) is 23.9. The van der Waals surface area contributed by atoms with E-state index in [4.69, 9.17) is 9.47 Å². The number of hydrogen-bond donors (Lipinski definition) is 2. The number of anilines is 2. The van der Waals surface area contributed by atoms with E-state index in [1.54, 1.807) is 4.90 Å². The van der Waals surface area contributed by atoms with Crippen molar-refractivity contribution in [3.63, 3.8) is 0 Å². The second kappa shape index (κ2) is 13.8. The van der Waals surface area contributed by atoms with Gasteiger partial charge in [-0.05, 0) is 79.9 Å². The van der Waals surface area contributed by atoms with E-state index < -0.39 is 0 Å².